The summed E-state index contributed by atoms with van der Waals surface area (Å²) in [4.78, 5) is 7.04. The van der Waals surface area contributed by atoms with Gasteiger partial charge < -0.3 is 14.8 Å². The lowest BCUT2D eigenvalue weighted by atomic mass is 10.2. The Morgan fingerprint density at radius 1 is 1.56 bits per heavy atom. The number of piperazine rings is 1. The maximum Gasteiger partial charge on any atom is 0.205 e. The highest BCUT2D eigenvalue weighted by atomic mass is 15.3. The minimum absolute atomic E-state index is 0.556. The van der Waals surface area contributed by atoms with Crippen LogP contribution in [0.15, 0.2) is 6.20 Å². The van der Waals surface area contributed by atoms with Gasteiger partial charge in [0.25, 0.3) is 0 Å². The van der Waals surface area contributed by atoms with Gasteiger partial charge in [-0.2, -0.15) is 0 Å². The largest absolute Gasteiger partial charge is 0.339 e. The molecule has 1 N–H and O–H groups in total. The second kappa shape index (κ2) is 4.87. The van der Waals surface area contributed by atoms with Crippen LogP contribution in [0.25, 0.3) is 0 Å². The predicted octanol–water partition coefficient (Wildman–Crippen LogP) is 1.40. The van der Waals surface area contributed by atoms with Gasteiger partial charge in [-0.15, -0.1) is 0 Å². The fraction of sp³-hybridized carbons (Fsp3) is 0.750. The van der Waals surface area contributed by atoms with Crippen LogP contribution in [0.2, 0.25) is 0 Å². The number of nitrogens with zero attached hydrogens (tertiary/aromatic N) is 3. The van der Waals surface area contributed by atoms with E-state index in [4.69, 9.17) is 0 Å². The molecule has 1 saturated heterocycles. The molecule has 0 aliphatic carbocycles. The normalized spacial score (nSPS) is 21.4. The van der Waals surface area contributed by atoms with E-state index in [0.29, 0.717) is 6.04 Å². The van der Waals surface area contributed by atoms with E-state index >= 15 is 0 Å². The standard InChI is InChI=1S/C12H22N4/c1-4-6-15-9-11(3)14-12(15)16-7-5-13-10(2)8-16/h9-10,13H,4-8H2,1-3H3. The molecular weight excluding hydrogens is 200 g/mol. The third-order valence-corrected chi connectivity index (χ3v) is 2.99. The molecule has 0 radical (unpaired) electrons. The smallest absolute Gasteiger partial charge is 0.205 e. The summed E-state index contributed by atoms with van der Waals surface area (Å²) < 4.78 is 2.29. The first-order valence-electron chi connectivity index (χ1n) is 6.22. The molecule has 0 bridgehead atoms. The SMILES string of the molecule is CCCn1cc(C)nc1N1CCNC(C)C1. The van der Waals surface area contributed by atoms with Gasteiger partial charge in [0.2, 0.25) is 5.95 Å². The van der Waals surface area contributed by atoms with E-state index in [1.54, 1.807) is 0 Å². The third-order valence-electron chi connectivity index (χ3n) is 2.99. The monoisotopic (exact) mass is 222 g/mol. The molecule has 1 aromatic rings. The molecule has 4 nitrogen and oxygen atoms in total. The van der Waals surface area contributed by atoms with Crippen LogP contribution >= 0.6 is 0 Å². The van der Waals surface area contributed by atoms with Gasteiger partial charge in [-0.1, -0.05) is 6.92 Å². The summed E-state index contributed by atoms with van der Waals surface area (Å²) in [6.07, 6.45) is 3.32. The molecule has 1 fully saturated rings. The minimum atomic E-state index is 0.556. The molecule has 1 aliphatic rings. The molecule has 0 amide bonds. The van der Waals surface area contributed by atoms with Crippen LogP contribution in [-0.2, 0) is 6.54 Å². The molecule has 0 aromatic carbocycles. The van der Waals surface area contributed by atoms with E-state index in [1.165, 1.54) is 0 Å². The molecule has 0 saturated carbocycles. The molecule has 0 spiro atoms. The first-order chi connectivity index (χ1) is 7.70. The lowest BCUT2D eigenvalue weighted by Crippen LogP contribution is -2.50. The predicted molar refractivity (Wildman–Crippen MR) is 66.9 cm³/mol. The molecule has 1 aliphatic heterocycles. The van der Waals surface area contributed by atoms with Crippen LogP contribution in [-0.4, -0.2) is 35.2 Å². The summed E-state index contributed by atoms with van der Waals surface area (Å²) in [5, 5.41) is 3.46. The first kappa shape index (κ1) is 11.5. The molecule has 1 atom stereocenters. The zero-order valence-electron chi connectivity index (χ0n) is 10.5. The van der Waals surface area contributed by atoms with Crippen molar-refractivity contribution in [1.82, 2.24) is 14.9 Å². The summed E-state index contributed by atoms with van der Waals surface area (Å²) in [5.74, 6) is 1.15. The molecule has 1 unspecified atom stereocenters. The van der Waals surface area contributed by atoms with Gasteiger partial charge in [0, 0.05) is 38.4 Å². The molecule has 1 aromatic heterocycles. The van der Waals surface area contributed by atoms with E-state index < -0.39 is 0 Å². The van der Waals surface area contributed by atoms with Gasteiger partial charge in [-0.05, 0) is 20.3 Å². The van der Waals surface area contributed by atoms with E-state index in [1.807, 2.05) is 0 Å². The number of hydrogen-bond acceptors (Lipinski definition) is 3. The highest BCUT2D eigenvalue weighted by Crippen LogP contribution is 2.16. The van der Waals surface area contributed by atoms with Crippen molar-refractivity contribution in [2.45, 2.75) is 39.8 Å². The molecule has 4 heteroatoms. The van der Waals surface area contributed by atoms with Gasteiger partial charge >= 0.3 is 0 Å². The number of aromatic nitrogens is 2. The van der Waals surface area contributed by atoms with Crippen LogP contribution in [0.4, 0.5) is 5.95 Å². The summed E-state index contributed by atoms with van der Waals surface area (Å²) in [6, 6.07) is 0.556. The quantitative estimate of drug-likeness (QED) is 0.839. The average Bonchev–Trinajstić information content (AvgIpc) is 2.60. The Morgan fingerprint density at radius 2 is 2.38 bits per heavy atom. The first-order valence-corrected chi connectivity index (χ1v) is 6.22. The zero-order chi connectivity index (χ0) is 11.5. The summed E-state index contributed by atoms with van der Waals surface area (Å²) in [7, 11) is 0. The van der Waals surface area contributed by atoms with E-state index in [2.05, 4.69) is 46.7 Å². The Morgan fingerprint density at radius 3 is 3.06 bits per heavy atom. The fourth-order valence-corrected chi connectivity index (χ4v) is 2.31. The lowest BCUT2D eigenvalue weighted by Gasteiger charge is -2.32. The van der Waals surface area contributed by atoms with Gasteiger partial charge in [0.05, 0.1) is 5.69 Å². The van der Waals surface area contributed by atoms with Crippen molar-refractivity contribution >= 4 is 5.95 Å². The minimum Gasteiger partial charge on any atom is -0.339 e. The van der Waals surface area contributed by atoms with Crippen molar-refractivity contribution < 1.29 is 0 Å². The second-order valence-electron chi connectivity index (χ2n) is 4.68. The molecule has 2 rings (SSSR count). The highest BCUT2D eigenvalue weighted by Gasteiger charge is 2.19. The Kier molecular flexibility index (Phi) is 3.49. The van der Waals surface area contributed by atoms with Gasteiger partial charge in [-0.3, -0.25) is 0 Å². The Bertz CT molecular complexity index is 345. The van der Waals surface area contributed by atoms with E-state index in [9.17, 15) is 0 Å². The van der Waals surface area contributed by atoms with Crippen LogP contribution < -0.4 is 10.2 Å². The number of anilines is 1. The van der Waals surface area contributed by atoms with Crippen molar-refractivity contribution in [2.24, 2.45) is 0 Å². The second-order valence-corrected chi connectivity index (χ2v) is 4.68. The van der Waals surface area contributed by atoms with E-state index in [-0.39, 0.29) is 0 Å². The topological polar surface area (TPSA) is 33.1 Å². The average molecular weight is 222 g/mol. The van der Waals surface area contributed by atoms with Crippen LogP contribution in [0.5, 0.6) is 0 Å². The van der Waals surface area contributed by atoms with Crippen molar-refractivity contribution in [3.05, 3.63) is 11.9 Å². The van der Waals surface area contributed by atoms with Crippen molar-refractivity contribution in [1.29, 1.82) is 0 Å². The fourth-order valence-electron chi connectivity index (χ4n) is 2.31. The molecule has 2 heterocycles. The summed E-state index contributed by atoms with van der Waals surface area (Å²) >= 11 is 0. The number of rotatable bonds is 3. The van der Waals surface area contributed by atoms with Crippen molar-refractivity contribution in [3.8, 4) is 0 Å². The molecule has 16 heavy (non-hydrogen) atoms. The van der Waals surface area contributed by atoms with Gasteiger partial charge in [0.15, 0.2) is 0 Å². The van der Waals surface area contributed by atoms with Crippen LogP contribution in [0.3, 0.4) is 0 Å². The molecule has 90 valence electrons. The summed E-state index contributed by atoms with van der Waals surface area (Å²) in [5.41, 5.74) is 1.12. The maximum atomic E-state index is 4.65. The third kappa shape index (κ3) is 2.38. The number of hydrogen-bond donors (Lipinski definition) is 1. The number of nitrogens with one attached hydrogen (secondary N) is 1. The Labute approximate surface area is 97.7 Å². The Balaban J connectivity index is 2.17. The van der Waals surface area contributed by atoms with Crippen molar-refractivity contribution in [2.75, 3.05) is 24.5 Å². The van der Waals surface area contributed by atoms with Gasteiger partial charge in [0.1, 0.15) is 0 Å². The maximum absolute atomic E-state index is 4.65. The van der Waals surface area contributed by atoms with Gasteiger partial charge in [-0.25, -0.2) is 4.98 Å². The summed E-state index contributed by atoms with van der Waals surface area (Å²) in [6.45, 7) is 10.7. The van der Waals surface area contributed by atoms with Crippen LogP contribution in [0.1, 0.15) is 26.0 Å². The van der Waals surface area contributed by atoms with E-state index in [0.717, 1.165) is 44.2 Å². The zero-order valence-corrected chi connectivity index (χ0v) is 10.5. The van der Waals surface area contributed by atoms with Crippen molar-refractivity contribution in [3.63, 3.8) is 0 Å². The number of imidazole rings is 1. The lowest BCUT2D eigenvalue weighted by molar-refractivity contribution is 0.473. The Hall–Kier alpha value is -1.03. The molecular formula is C12H22N4. The van der Waals surface area contributed by atoms with Crippen LogP contribution in [0, 0.1) is 6.92 Å². The highest BCUT2D eigenvalue weighted by molar-refractivity contribution is 5.34. The number of aryl methyl sites for hydroxylation is 2.